The summed E-state index contributed by atoms with van der Waals surface area (Å²) in [5.74, 6) is -3.21. The first-order chi connectivity index (χ1) is 41.0. The number of ether oxygens (including phenoxy) is 3. The van der Waals surface area contributed by atoms with Gasteiger partial charge in [-0.25, -0.2) is 42.1 Å². The van der Waals surface area contributed by atoms with E-state index in [4.69, 9.17) is 77.0 Å². The van der Waals surface area contributed by atoms with E-state index in [-0.39, 0.29) is 185 Å². The molecule has 0 aromatic heterocycles. The number of para-hydroxylation sites is 3. The molecule has 41 heteroatoms. The molecule has 3 atom stereocenters. The van der Waals surface area contributed by atoms with Crippen molar-refractivity contribution >= 4 is 36.6 Å². The van der Waals surface area contributed by atoms with Crippen LogP contribution in [0.1, 0.15) is 47.8 Å². The molecule has 0 saturated heterocycles. The molecule has 6 aromatic carbocycles. The van der Waals surface area contributed by atoms with Gasteiger partial charge in [-0.2, -0.15) is 0 Å². The van der Waals surface area contributed by atoms with Crippen molar-refractivity contribution < 1.29 is 272 Å². The monoisotopic (exact) mass is 1580 g/mol. The Bertz CT molecular complexity index is 2590. The zero-order valence-corrected chi connectivity index (χ0v) is 59.0. The van der Waals surface area contributed by atoms with Crippen molar-refractivity contribution in [2.45, 2.75) is 18.3 Å². The van der Waals surface area contributed by atoms with Crippen molar-refractivity contribution in [2.24, 2.45) is 15.0 Å². The molecule has 96 heavy (non-hydrogen) atoms. The van der Waals surface area contributed by atoms with Crippen LogP contribution in [0.25, 0.3) is 0 Å². The van der Waals surface area contributed by atoms with E-state index >= 15 is 0 Å². The van der Waals surface area contributed by atoms with Crippen LogP contribution >= 0.6 is 0 Å². The standard InChI is InChI=1S/3C11H14NO4.3C7H6O2.CH4O.2ClHO4.4Mn.Na.3H2O.O/c3*1-16-10-4-2-3-8(11(10)15)5-12-6-9(14)7-13;3*8-7(9)6-4-2-1-3-5-6;1-2;2*2-1(3,4)5;;;;;;;;;/h3*2-5,9,13,15H,6-7H2,1H3;3*1-5H,(H,8,9);2H,1H3;2*(H,2,3,4,5);;;;;;3*1H2;/q3*-1;;;;;;;+2;3*+3;+1;;;;-2/p-7/t3*9-;;;;;;;;;;;;;;;/m000.............../s1. The summed E-state index contributed by atoms with van der Waals surface area (Å²) in [6.07, 6.45) is 0.549. The van der Waals surface area contributed by atoms with E-state index in [9.17, 15) is 55.2 Å². The summed E-state index contributed by atoms with van der Waals surface area (Å²) in [5.41, 5.74) is 1.87. The first-order valence-electron chi connectivity index (χ1n) is 23.8. The molecule has 0 spiro atoms. The largest absolute Gasteiger partial charge is 3.00 e. The molecule has 0 aliphatic heterocycles. The van der Waals surface area contributed by atoms with E-state index in [1.165, 1.54) is 64.2 Å². The number of hydrogen-bond donors (Lipinski definition) is 5. The topological polar surface area (TPSA) is 709 Å². The number of methoxy groups -OCH3 is 3. The Morgan fingerprint density at radius 1 is 0.438 bits per heavy atom. The predicted molar refractivity (Wildman–Crippen MR) is 282 cm³/mol. The smallest absolute Gasteiger partial charge is 2.00 e. The van der Waals surface area contributed by atoms with Gasteiger partial charge in [-0.05, 0) is 58.1 Å². The van der Waals surface area contributed by atoms with Crippen molar-refractivity contribution in [2.75, 3.05) is 67.9 Å². The first-order valence-corrected chi connectivity index (χ1v) is 26.3. The van der Waals surface area contributed by atoms with Gasteiger partial charge in [0, 0.05) is 65.2 Å². The maximum Gasteiger partial charge on any atom is 3.00 e. The van der Waals surface area contributed by atoms with Gasteiger partial charge >= 0.3 is 104 Å². The van der Waals surface area contributed by atoms with Gasteiger partial charge in [0.25, 0.3) is 0 Å². The predicted octanol–water partition coefficient (Wildman–Crippen LogP) is -17.3. The molecule has 0 fully saturated rings. The normalized spacial score (nSPS) is 10.3. The molecule has 1 radical (unpaired) electrons. The van der Waals surface area contributed by atoms with Gasteiger partial charge in [-0.1, -0.05) is 151 Å². The van der Waals surface area contributed by atoms with Crippen molar-refractivity contribution in [1.82, 2.24) is 0 Å². The van der Waals surface area contributed by atoms with Crippen molar-refractivity contribution in [1.29, 1.82) is 0 Å². The third-order valence-corrected chi connectivity index (χ3v) is 8.96. The fraction of sp³-hybridized carbons (Fsp3) is 0.236. The van der Waals surface area contributed by atoms with Crippen LogP contribution in [-0.2, 0) is 73.8 Å². The number of nitrogens with zero attached hydrogens (tertiary/aromatic N) is 3. The summed E-state index contributed by atoms with van der Waals surface area (Å²) in [6, 6.07) is 38.9. The molecule has 0 bridgehead atoms. The summed E-state index contributed by atoms with van der Waals surface area (Å²) in [6.45, 7) is -1.52. The van der Waals surface area contributed by atoms with Gasteiger partial charge in [0.05, 0.1) is 38.8 Å². The van der Waals surface area contributed by atoms with Crippen LogP contribution in [0.2, 0.25) is 0 Å². The van der Waals surface area contributed by atoms with Gasteiger partial charge < -0.3 is 112 Å². The Balaban J connectivity index is -0.0000000847. The van der Waals surface area contributed by atoms with Crippen LogP contribution in [0, 0.1) is 20.5 Å². The third-order valence-electron chi connectivity index (χ3n) is 8.96. The number of aliphatic imine (C=N–C) groups is 3. The molecular formula is C55H65Cl2Mn4N3NaO31. The Labute approximate surface area is 619 Å². The molecule has 11 N–H and O–H groups in total. The number of hydrogen-bond acceptors (Lipinski definition) is 29. The number of carbonyl (C=O) groups excluding carboxylic acids is 2. The van der Waals surface area contributed by atoms with Gasteiger partial charge in [-0.15, -0.1) is 20.5 Å². The number of aliphatic hydroxyl groups excluding tert-OH is 4. The van der Waals surface area contributed by atoms with Crippen LogP contribution in [-0.4, -0.2) is 165 Å². The second-order valence-corrected chi connectivity index (χ2v) is 16.8. The van der Waals surface area contributed by atoms with Gasteiger partial charge in [0.1, 0.15) is 17.2 Å². The Morgan fingerprint density at radius 3 is 0.781 bits per heavy atom. The molecule has 0 amide bonds. The summed E-state index contributed by atoms with van der Waals surface area (Å²) in [7, 11) is -4.65. The van der Waals surface area contributed by atoms with Crippen molar-refractivity contribution in [3.63, 3.8) is 0 Å². The summed E-state index contributed by atoms with van der Waals surface area (Å²) >= 11 is 0. The number of carboxylic acid groups (broad SMARTS) is 3. The fourth-order valence-electron chi connectivity index (χ4n) is 5.09. The SMILES string of the molecule is CO.COc1cccc(C=NC[C@H]([O-])CO)c1[O-].COc1cccc(C=NC[C@H]([O-])CO)c1[O-].COc1cccc(C=NC[C@H]([O-])CO)c1[O-].O.O.O.O=C(O)c1ccccc1.O=C([O-])c1ccccc1.O=C([O-])c1ccccc1.[Mn+2].[Mn+3].[Mn+3].[Mn+3].[Na+].[O-2].[O-][Cl+3]([O-])([O-])[O-].[O-][Cl+3]([O-])([O-])[O-]. The number of benzene rings is 6. The number of carboxylic acids is 3. The van der Waals surface area contributed by atoms with Crippen LogP contribution in [0.15, 0.2) is 161 Å². The van der Waals surface area contributed by atoms with E-state index in [1.54, 1.807) is 121 Å². The van der Waals surface area contributed by atoms with E-state index in [1.807, 2.05) is 0 Å². The van der Waals surface area contributed by atoms with Crippen LogP contribution in [0.3, 0.4) is 0 Å². The molecule has 529 valence electrons. The molecule has 6 rings (SSSR count). The van der Waals surface area contributed by atoms with Crippen molar-refractivity contribution in [3.05, 3.63) is 179 Å². The van der Waals surface area contributed by atoms with Crippen LogP contribution < -0.4 is 122 Å². The molecule has 0 unspecified atom stereocenters. The maximum absolute atomic E-state index is 11.6. The molecule has 0 aliphatic carbocycles. The van der Waals surface area contributed by atoms with E-state index in [0.717, 1.165) is 7.11 Å². The molecule has 6 aromatic rings. The fourth-order valence-corrected chi connectivity index (χ4v) is 5.09. The van der Waals surface area contributed by atoms with Gasteiger partial charge in [0.15, 0.2) is 0 Å². The zero-order chi connectivity index (χ0) is 67.0. The minimum Gasteiger partial charge on any atom is -2.00 e. The molecule has 0 aliphatic rings. The summed E-state index contributed by atoms with van der Waals surface area (Å²) in [4.78, 5) is 41.8. The average Bonchev–Trinajstić information content (AvgIpc) is 0.976. The summed E-state index contributed by atoms with van der Waals surface area (Å²) < 4.78 is 82.5. The number of aliphatic hydroxyl groups is 4. The Morgan fingerprint density at radius 2 is 0.635 bits per heavy atom. The minimum absolute atomic E-state index is 0. The number of rotatable bonds is 18. The van der Waals surface area contributed by atoms with Crippen LogP contribution in [0.5, 0.6) is 34.5 Å². The second-order valence-electron chi connectivity index (χ2n) is 15.3. The Hall–Kier alpha value is -5.56. The van der Waals surface area contributed by atoms with Crippen LogP contribution in [0.4, 0.5) is 0 Å². The molecule has 0 saturated carbocycles. The molecule has 0 heterocycles. The Kier molecular flexibility index (Phi) is 86.6. The average molecular weight is 1580 g/mol. The van der Waals surface area contributed by atoms with E-state index < -0.39 is 76.5 Å². The number of aromatic carboxylic acids is 3. The quantitative estimate of drug-likeness (QED) is 0.0394. The second kappa shape index (κ2) is 70.7. The molecular weight excluding hydrogens is 1510 g/mol. The molecule has 34 nitrogen and oxygen atoms in total. The van der Waals surface area contributed by atoms with E-state index in [0.29, 0.717) is 22.3 Å². The van der Waals surface area contributed by atoms with E-state index in [2.05, 4.69) is 15.0 Å². The maximum atomic E-state index is 11.6. The van der Waals surface area contributed by atoms with Gasteiger partial charge in [-0.3, -0.25) is 15.0 Å². The number of carbonyl (C=O) groups is 3. The zero-order valence-electron chi connectivity index (χ0n) is 50.8. The minimum atomic E-state index is -4.94. The van der Waals surface area contributed by atoms with Crippen molar-refractivity contribution in [3.8, 4) is 34.5 Å². The third kappa shape index (κ3) is 64.4. The summed E-state index contributed by atoms with van der Waals surface area (Å²) in [5, 5.41) is 128. The number of halogens is 2. The van der Waals surface area contributed by atoms with Gasteiger partial charge in [0.2, 0.25) is 0 Å². The first kappa shape index (κ1) is 118.